The number of nitrogens with one attached hydrogen (secondary N) is 2. The van der Waals surface area contributed by atoms with Crippen LogP contribution in [0.3, 0.4) is 0 Å². The molecule has 0 radical (unpaired) electrons. The van der Waals surface area contributed by atoms with Gasteiger partial charge < -0.3 is 15.2 Å². The maximum absolute atomic E-state index is 12.5. The predicted octanol–water partition coefficient (Wildman–Crippen LogP) is 4.04. The summed E-state index contributed by atoms with van der Waals surface area (Å²) >= 11 is 2.70. The molecule has 0 saturated heterocycles. The first-order valence-corrected chi connectivity index (χ1v) is 12.0. The molecule has 0 aliphatic carbocycles. The maximum atomic E-state index is 12.5. The first kappa shape index (κ1) is 22.7. The summed E-state index contributed by atoms with van der Waals surface area (Å²) in [5, 5.41) is 15.3. The van der Waals surface area contributed by atoms with Crippen LogP contribution in [0.4, 0.5) is 5.13 Å². The molecular formula is C23H22N6O2S2. The Morgan fingerprint density at radius 1 is 1.15 bits per heavy atom. The molecule has 4 aromatic rings. The van der Waals surface area contributed by atoms with Gasteiger partial charge in [0, 0.05) is 12.1 Å². The minimum atomic E-state index is -0.179. The Labute approximate surface area is 199 Å². The Bertz CT molecular complexity index is 1280. The lowest BCUT2D eigenvalue weighted by Crippen LogP contribution is -2.25. The van der Waals surface area contributed by atoms with E-state index in [0.717, 1.165) is 15.8 Å². The van der Waals surface area contributed by atoms with Crippen LogP contribution < -0.4 is 10.6 Å². The first-order chi connectivity index (χ1) is 16.0. The van der Waals surface area contributed by atoms with Crippen LogP contribution in [0.5, 0.6) is 0 Å². The average Bonchev–Trinajstić information content (AvgIpc) is 3.39. The zero-order chi connectivity index (χ0) is 23.2. The SMILES string of the molecule is C=CCn1c(CNC(=O)c2ccccc2C)nnc1SCC(=O)Nc1nc2ccccc2s1. The van der Waals surface area contributed by atoms with Gasteiger partial charge >= 0.3 is 0 Å². The van der Waals surface area contributed by atoms with Gasteiger partial charge in [-0.05, 0) is 30.7 Å². The van der Waals surface area contributed by atoms with Crippen LogP contribution in [0.2, 0.25) is 0 Å². The van der Waals surface area contributed by atoms with Crippen LogP contribution in [0.15, 0.2) is 66.3 Å². The molecule has 2 aromatic carbocycles. The van der Waals surface area contributed by atoms with E-state index in [0.29, 0.717) is 28.2 Å². The van der Waals surface area contributed by atoms with Crippen molar-refractivity contribution in [3.63, 3.8) is 0 Å². The number of thioether (sulfide) groups is 1. The summed E-state index contributed by atoms with van der Waals surface area (Å²) in [5.41, 5.74) is 2.37. The van der Waals surface area contributed by atoms with Crippen molar-refractivity contribution in [3.8, 4) is 0 Å². The highest BCUT2D eigenvalue weighted by Crippen LogP contribution is 2.26. The molecule has 0 spiro atoms. The Kier molecular flexibility index (Phi) is 7.16. The van der Waals surface area contributed by atoms with Gasteiger partial charge in [-0.3, -0.25) is 9.59 Å². The normalized spacial score (nSPS) is 10.8. The van der Waals surface area contributed by atoms with Crippen LogP contribution in [0.25, 0.3) is 10.2 Å². The zero-order valence-electron chi connectivity index (χ0n) is 17.9. The van der Waals surface area contributed by atoms with E-state index in [1.54, 1.807) is 12.1 Å². The number of hydrogen-bond acceptors (Lipinski definition) is 7. The molecule has 0 saturated carbocycles. The quantitative estimate of drug-likeness (QED) is 0.278. The fourth-order valence-corrected chi connectivity index (χ4v) is 4.81. The third-order valence-electron chi connectivity index (χ3n) is 4.77. The van der Waals surface area contributed by atoms with Gasteiger partial charge in [0.2, 0.25) is 5.91 Å². The van der Waals surface area contributed by atoms with Crippen molar-refractivity contribution >= 4 is 50.3 Å². The van der Waals surface area contributed by atoms with Gasteiger partial charge in [0.15, 0.2) is 16.1 Å². The molecule has 2 N–H and O–H groups in total. The van der Waals surface area contributed by atoms with Crippen molar-refractivity contribution in [2.75, 3.05) is 11.1 Å². The maximum Gasteiger partial charge on any atom is 0.251 e. The number of hydrogen-bond donors (Lipinski definition) is 2. The molecule has 0 aliphatic heterocycles. The van der Waals surface area contributed by atoms with Crippen molar-refractivity contribution in [1.82, 2.24) is 25.1 Å². The highest BCUT2D eigenvalue weighted by Gasteiger charge is 2.16. The van der Waals surface area contributed by atoms with Gasteiger partial charge in [-0.1, -0.05) is 59.5 Å². The van der Waals surface area contributed by atoms with E-state index in [1.807, 2.05) is 54.0 Å². The molecule has 0 atom stereocenters. The van der Waals surface area contributed by atoms with E-state index in [-0.39, 0.29) is 24.1 Å². The Balaban J connectivity index is 1.37. The summed E-state index contributed by atoms with van der Waals surface area (Å²) in [5.74, 6) is 0.388. The number of allylic oxidation sites excluding steroid dienone is 1. The zero-order valence-corrected chi connectivity index (χ0v) is 19.6. The van der Waals surface area contributed by atoms with Gasteiger partial charge in [-0.25, -0.2) is 4.98 Å². The number of rotatable bonds is 9. The van der Waals surface area contributed by atoms with Gasteiger partial charge in [-0.15, -0.1) is 16.8 Å². The van der Waals surface area contributed by atoms with Gasteiger partial charge in [0.05, 0.1) is 22.5 Å². The largest absolute Gasteiger partial charge is 0.345 e. The molecule has 0 unspecified atom stereocenters. The number of fused-ring (bicyclic) bond motifs is 1. The average molecular weight is 479 g/mol. The fourth-order valence-electron chi connectivity index (χ4n) is 3.16. The minimum absolute atomic E-state index is 0.154. The summed E-state index contributed by atoms with van der Waals surface area (Å²) in [6.07, 6.45) is 1.72. The number of carbonyl (C=O) groups is 2. The molecule has 4 rings (SSSR count). The van der Waals surface area contributed by atoms with E-state index in [4.69, 9.17) is 0 Å². The van der Waals surface area contributed by atoms with Crippen molar-refractivity contribution < 1.29 is 9.59 Å². The molecule has 0 bridgehead atoms. The molecule has 33 heavy (non-hydrogen) atoms. The predicted molar refractivity (Wildman–Crippen MR) is 132 cm³/mol. The number of carbonyl (C=O) groups excluding carboxylic acids is 2. The molecule has 10 heteroatoms. The standard InChI is InChI=1S/C23H22N6O2S2/c1-3-12-29-19(13-24-21(31)16-9-5-4-8-15(16)2)27-28-23(29)32-14-20(30)26-22-25-17-10-6-7-11-18(17)33-22/h3-11H,1,12-14H2,2H3,(H,24,31)(H,25,26,30). The van der Waals surface area contributed by atoms with E-state index in [9.17, 15) is 9.59 Å². The third kappa shape index (κ3) is 5.47. The van der Waals surface area contributed by atoms with Gasteiger partial charge in [0.1, 0.15) is 0 Å². The number of nitrogens with zero attached hydrogens (tertiary/aromatic N) is 4. The smallest absolute Gasteiger partial charge is 0.251 e. The Hall–Kier alpha value is -3.50. The van der Waals surface area contributed by atoms with Crippen molar-refractivity contribution in [2.24, 2.45) is 0 Å². The second kappa shape index (κ2) is 10.4. The monoisotopic (exact) mass is 478 g/mol. The lowest BCUT2D eigenvalue weighted by molar-refractivity contribution is -0.113. The molecule has 0 fully saturated rings. The number of aromatic nitrogens is 4. The molecule has 2 heterocycles. The Morgan fingerprint density at radius 3 is 2.73 bits per heavy atom. The second-order valence-electron chi connectivity index (χ2n) is 7.12. The van der Waals surface area contributed by atoms with Crippen molar-refractivity contribution in [2.45, 2.75) is 25.2 Å². The number of amides is 2. The number of anilines is 1. The van der Waals surface area contributed by atoms with Crippen LogP contribution in [-0.4, -0.2) is 37.3 Å². The van der Waals surface area contributed by atoms with Gasteiger partial charge in [0.25, 0.3) is 5.91 Å². The lowest BCUT2D eigenvalue weighted by Gasteiger charge is -2.09. The van der Waals surface area contributed by atoms with Crippen molar-refractivity contribution in [3.05, 3.63) is 78.1 Å². The summed E-state index contributed by atoms with van der Waals surface area (Å²) in [6.45, 7) is 6.35. The van der Waals surface area contributed by atoms with Crippen molar-refractivity contribution in [1.29, 1.82) is 0 Å². The van der Waals surface area contributed by atoms with E-state index in [2.05, 4.69) is 32.4 Å². The van der Waals surface area contributed by atoms with Crippen LogP contribution in [0, 0.1) is 6.92 Å². The number of aryl methyl sites for hydroxylation is 1. The lowest BCUT2D eigenvalue weighted by atomic mass is 10.1. The Morgan fingerprint density at radius 2 is 1.94 bits per heavy atom. The van der Waals surface area contributed by atoms with E-state index >= 15 is 0 Å². The van der Waals surface area contributed by atoms with Crippen LogP contribution >= 0.6 is 23.1 Å². The molecule has 0 aliphatic rings. The summed E-state index contributed by atoms with van der Waals surface area (Å²) in [4.78, 5) is 29.4. The fraction of sp³-hybridized carbons (Fsp3) is 0.174. The number of benzene rings is 2. The summed E-state index contributed by atoms with van der Waals surface area (Å²) in [6, 6.07) is 15.1. The van der Waals surface area contributed by atoms with Crippen LogP contribution in [0.1, 0.15) is 21.7 Å². The van der Waals surface area contributed by atoms with E-state index in [1.165, 1.54) is 23.1 Å². The van der Waals surface area contributed by atoms with Gasteiger partial charge in [-0.2, -0.15) is 0 Å². The number of thiazole rings is 1. The summed E-state index contributed by atoms with van der Waals surface area (Å²) < 4.78 is 2.85. The van der Waals surface area contributed by atoms with Crippen LogP contribution in [-0.2, 0) is 17.9 Å². The first-order valence-electron chi connectivity index (χ1n) is 10.2. The molecule has 168 valence electrons. The van der Waals surface area contributed by atoms with E-state index < -0.39 is 0 Å². The third-order valence-corrected chi connectivity index (χ3v) is 6.69. The summed E-state index contributed by atoms with van der Waals surface area (Å²) in [7, 11) is 0. The molecule has 2 amide bonds. The molecular weight excluding hydrogens is 456 g/mol. The topological polar surface area (TPSA) is 102 Å². The highest BCUT2D eigenvalue weighted by atomic mass is 32.2. The molecule has 8 nitrogen and oxygen atoms in total. The highest BCUT2D eigenvalue weighted by molar-refractivity contribution is 7.99. The minimum Gasteiger partial charge on any atom is -0.345 e. The second-order valence-corrected chi connectivity index (χ2v) is 9.09. The molecule has 2 aromatic heterocycles. The number of para-hydroxylation sites is 1.